The zero-order valence-corrected chi connectivity index (χ0v) is 11.6. The van der Waals surface area contributed by atoms with Crippen LogP contribution in [-0.2, 0) is 0 Å². The molecule has 0 aliphatic carbocycles. The van der Waals surface area contributed by atoms with Gasteiger partial charge in [-0.25, -0.2) is 8.78 Å². The molecule has 130 valence electrons. The summed E-state index contributed by atoms with van der Waals surface area (Å²) >= 11 is 0. The van der Waals surface area contributed by atoms with Crippen LogP contribution in [0.3, 0.4) is 0 Å². The lowest BCUT2D eigenvalue weighted by Crippen LogP contribution is -2.37. The third-order valence-electron chi connectivity index (χ3n) is 2.84. The van der Waals surface area contributed by atoms with E-state index in [1.807, 2.05) is 0 Å². The van der Waals surface area contributed by atoms with Crippen LogP contribution < -0.4 is 4.90 Å². The van der Waals surface area contributed by atoms with Crippen LogP contribution in [0.25, 0.3) is 0 Å². The van der Waals surface area contributed by atoms with Crippen molar-refractivity contribution < 1.29 is 37.1 Å². The number of alkyl halides is 3. The first kappa shape index (κ1) is 19.0. The number of hydrogen-bond acceptors (Lipinski definition) is 5. The van der Waals surface area contributed by atoms with Crippen molar-refractivity contribution >= 4 is 11.4 Å². The minimum absolute atomic E-state index is 0.365. The van der Waals surface area contributed by atoms with Gasteiger partial charge in [-0.1, -0.05) is 0 Å². The van der Waals surface area contributed by atoms with Gasteiger partial charge in [-0.3, -0.25) is 10.1 Å². The zero-order chi connectivity index (χ0) is 17.8. The van der Waals surface area contributed by atoms with Crippen molar-refractivity contribution in [2.45, 2.75) is 18.7 Å². The summed E-state index contributed by atoms with van der Waals surface area (Å²) in [4.78, 5) is 9.99. The molecule has 6 nitrogen and oxygen atoms in total. The lowest BCUT2D eigenvalue weighted by molar-refractivity contribution is -0.385. The van der Waals surface area contributed by atoms with Crippen molar-refractivity contribution in [1.29, 1.82) is 0 Å². The minimum atomic E-state index is -4.61. The zero-order valence-electron chi connectivity index (χ0n) is 11.6. The summed E-state index contributed by atoms with van der Waals surface area (Å²) in [6, 6.07) is 0.731. The largest absolute Gasteiger partial charge is 0.394 e. The SMILES string of the molecule is O=[N+]([O-])c1cc(F)c(N(CCC(F)(F)F)C[C@H](O)CO)c(F)c1. The van der Waals surface area contributed by atoms with Crippen LogP contribution in [0.2, 0.25) is 0 Å². The Morgan fingerprint density at radius 3 is 2.17 bits per heavy atom. The van der Waals surface area contributed by atoms with Crippen LogP contribution in [0.4, 0.5) is 33.3 Å². The van der Waals surface area contributed by atoms with Gasteiger partial charge >= 0.3 is 6.18 Å². The molecule has 0 aliphatic rings. The summed E-state index contributed by atoms with van der Waals surface area (Å²) in [7, 11) is 0. The van der Waals surface area contributed by atoms with Crippen molar-refractivity contribution in [3.63, 3.8) is 0 Å². The monoisotopic (exact) mass is 344 g/mol. The second kappa shape index (κ2) is 7.51. The second-order valence-corrected chi connectivity index (χ2v) is 4.66. The van der Waals surface area contributed by atoms with Crippen LogP contribution in [0.1, 0.15) is 6.42 Å². The van der Waals surface area contributed by atoms with Crippen LogP contribution in [0.5, 0.6) is 0 Å². The van der Waals surface area contributed by atoms with Gasteiger partial charge in [0.2, 0.25) is 0 Å². The van der Waals surface area contributed by atoms with Gasteiger partial charge in [0.15, 0.2) is 11.6 Å². The molecule has 0 heterocycles. The number of aliphatic hydroxyl groups excluding tert-OH is 2. The quantitative estimate of drug-likeness (QED) is 0.449. The van der Waals surface area contributed by atoms with E-state index in [0.717, 1.165) is 0 Å². The molecule has 0 aromatic heterocycles. The summed E-state index contributed by atoms with van der Waals surface area (Å²) in [5, 5.41) is 28.6. The predicted molar refractivity (Wildman–Crippen MR) is 69.0 cm³/mol. The first-order valence-electron chi connectivity index (χ1n) is 6.29. The van der Waals surface area contributed by atoms with Gasteiger partial charge in [0.05, 0.1) is 36.2 Å². The summed E-state index contributed by atoms with van der Waals surface area (Å²) in [6.45, 7) is -2.41. The smallest absolute Gasteiger partial charge is 0.390 e. The van der Waals surface area contributed by atoms with Crippen LogP contribution in [0.15, 0.2) is 12.1 Å². The molecule has 0 spiro atoms. The van der Waals surface area contributed by atoms with Crippen LogP contribution in [-0.4, -0.2) is 47.1 Å². The molecular formula is C12H13F5N2O4. The number of benzene rings is 1. The van der Waals surface area contributed by atoms with E-state index < -0.39 is 66.3 Å². The Labute approximate surface area is 126 Å². The number of rotatable bonds is 7. The third-order valence-corrected chi connectivity index (χ3v) is 2.84. The molecular weight excluding hydrogens is 331 g/mol. The highest BCUT2D eigenvalue weighted by Crippen LogP contribution is 2.30. The number of nitrogens with zero attached hydrogens (tertiary/aromatic N) is 2. The lowest BCUT2D eigenvalue weighted by atomic mass is 10.2. The molecule has 1 atom stereocenters. The number of halogens is 5. The normalized spacial score (nSPS) is 13.0. The van der Waals surface area contributed by atoms with Gasteiger partial charge in [0.1, 0.15) is 5.69 Å². The van der Waals surface area contributed by atoms with E-state index in [2.05, 4.69) is 0 Å². The average molecular weight is 344 g/mol. The van der Waals surface area contributed by atoms with Crippen molar-refractivity contribution in [3.05, 3.63) is 33.9 Å². The molecule has 0 aliphatic heterocycles. The topological polar surface area (TPSA) is 86.8 Å². The molecule has 2 N–H and O–H groups in total. The number of aliphatic hydroxyl groups is 2. The fourth-order valence-electron chi connectivity index (χ4n) is 1.83. The molecule has 0 saturated heterocycles. The molecule has 1 aromatic rings. The average Bonchev–Trinajstić information content (AvgIpc) is 2.42. The maximum Gasteiger partial charge on any atom is 0.390 e. The molecule has 0 radical (unpaired) electrons. The fraction of sp³-hybridized carbons (Fsp3) is 0.500. The highest BCUT2D eigenvalue weighted by Gasteiger charge is 2.30. The molecule has 0 bridgehead atoms. The highest BCUT2D eigenvalue weighted by atomic mass is 19.4. The van der Waals surface area contributed by atoms with Crippen molar-refractivity contribution in [2.24, 2.45) is 0 Å². The number of anilines is 1. The third kappa shape index (κ3) is 5.60. The Hall–Kier alpha value is -2.01. The van der Waals surface area contributed by atoms with E-state index in [-0.39, 0.29) is 0 Å². The molecule has 0 fully saturated rings. The molecule has 11 heteroatoms. The molecule has 0 saturated carbocycles. The number of hydrogen-bond donors (Lipinski definition) is 2. The second-order valence-electron chi connectivity index (χ2n) is 4.66. The first-order valence-corrected chi connectivity index (χ1v) is 6.29. The van der Waals surface area contributed by atoms with Crippen LogP contribution >= 0.6 is 0 Å². The van der Waals surface area contributed by atoms with Crippen molar-refractivity contribution in [3.8, 4) is 0 Å². The van der Waals surface area contributed by atoms with Gasteiger partial charge < -0.3 is 15.1 Å². The standard InChI is InChI=1S/C12H13F5N2O4/c13-9-3-7(19(22)23)4-10(14)11(9)18(5-8(21)6-20)2-1-12(15,16)17/h3-4,8,20-21H,1-2,5-6H2/t8-/m0/s1. The molecule has 0 unspecified atom stereocenters. The summed E-state index contributed by atoms with van der Waals surface area (Å²) in [6.07, 6.45) is -7.59. The summed E-state index contributed by atoms with van der Waals surface area (Å²) < 4.78 is 64.7. The maximum absolute atomic E-state index is 13.9. The molecule has 23 heavy (non-hydrogen) atoms. The predicted octanol–water partition coefficient (Wildman–Crippen LogP) is 1.98. The molecule has 1 rings (SSSR count). The van der Waals surface area contributed by atoms with Crippen molar-refractivity contribution in [2.75, 3.05) is 24.6 Å². The Balaban J connectivity index is 3.17. The van der Waals surface area contributed by atoms with E-state index in [4.69, 9.17) is 5.11 Å². The molecule has 1 aromatic carbocycles. The summed E-state index contributed by atoms with van der Waals surface area (Å²) in [5.74, 6) is -2.88. The number of nitro benzene ring substituents is 1. The summed E-state index contributed by atoms with van der Waals surface area (Å²) in [5.41, 5.74) is -1.84. The van der Waals surface area contributed by atoms with E-state index in [1.165, 1.54) is 0 Å². The van der Waals surface area contributed by atoms with Gasteiger partial charge in [0, 0.05) is 13.1 Å². The van der Waals surface area contributed by atoms with E-state index in [0.29, 0.717) is 17.0 Å². The van der Waals surface area contributed by atoms with Gasteiger partial charge in [-0.05, 0) is 0 Å². The van der Waals surface area contributed by atoms with E-state index >= 15 is 0 Å². The van der Waals surface area contributed by atoms with Gasteiger partial charge in [-0.15, -0.1) is 0 Å². The first-order chi connectivity index (χ1) is 10.5. The Kier molecular flexibility index (Phi) is 6.21. The van der Waals surface area contributed by atoms with E-state index in [9.17, 15) is 37.2 Å². The Bertz CT molecular complexity index is 544. The van der Waals surface area contributed by atoms with Gasteiger partial charge in [-0.2, -0.15) is 13.2 Å². The fourth-order valence-corrected chi connectivity index (χ4v) is 1.83. The maximum atomic E-state index is 13.9. The van der Waals surface area contributed by atoms with Gasteiger partial charge in [0.25, 0.3) is 5.69 Å². The Morgan fingerprint density at radius 1 is 1.26 bits per heavy atom. The number of nitro groups is 1. The minimum Gasteiger partial charge on any atom is -0.394 e. The van der Waals surface area contributed by atoms with Crippen LogP contribution in [0, 0.1) is 21.7 Å². The van der Waals surface area contributed by atoms with E-state index in [1.54, 1.807) is 0 Å². The lowest BCUT2D eigenvalue weighted by Gasteiger charge is -2.27. The number of non-ortho nitro benzene ring substituents is 1. The highest BCUT2D eigenvalue weighted by molar-refractivity contribution is 5.54. The van der Waals surface area contributed by atoms with Crippen molar-refractivity contribution in [1.82, 2.24) is 0 Å². The molecule has 0 amide bonds. The Morgan fingerprint density at radius 2 is 1.78 bits per heavy atom.